The van der Waals surface area contributed by atoms with Gasteiger partial charge in [-0.2, -0.15) is 0 Å². The number of piperidine rings is 1. The van der Waals surface area contributed by atoms with Crippen molar-refractivity contribution in [1.29, 1.82) is 0 Å². The van der Waals surface area contributed by atoms with Gasteiger partial charge in [-0.05, 0) is 37.8 Å². The number of nitrogens with one attached hydrogen (secondary N) is 1. The number of hydrogen-bond donors (Lipinski definition) is 1. The van der Waals surface area contributed by atoms with Crippen molar-refractivity contribution in [2.45, 2.75) is 39.8 Å². The summed E-state index contributed by atoms with van der Waals surface area (Å²) in [5.74, 6) is 0.857. The summed E-state index contributed by atoms with van der Waals surface area (Å²) in [5, 5.41) is 3.37. The van der Waals surface area contributed by atoms with Crippen LogP contribution in [0.25, 0.3) is 0 Å². The van der Waals surface area contributed by atoms with E-state index in [-0.39, 0.29) is 35.9 Å². The third kappa shape index (κ3) is 7.65. The van der Waals surface area contributed by atoms with Crippen molar-refractivity contribution in [2.75, 3.05) is 33.4 Å². The quantitative estimate of drug-likeness (QED) is 0.276. The van der Waals surface area contributed by atoms with Crippen LogP contribution in [0, 0.1) is 5.92 Å². The summed E-state index contributed by atoms with van der Waals surface area (Å²) in [5.41, 5.74) is 2.32. The Bertz CT molecular complexity index is 602. The van der Waals surface area contributed by atoms with Gasteiger partial charge in [0.1, 0.15) is 0 Å². The molecule has 7 heteroatoms. The van der Waals surface area contributed by atoms with E-state index in [1.165, 1.54) is 0 Å². The number of esters is 1. The average molecular weight is 489 g/mol. The molecule has 1 heterocycles. The molecule has 152 valence electrons. The molecule has 6 nitrogen and oxygen atoms in total. The molecule has 0 radical (unpaired) electrons. The van der Waals surface area contributed by atoms with E-state index in [2.05, 4.69) is 35.3 Å². The van der Waals surface area contributed by atoms with Crippen LogP contribution in [0.2, 0.25) is 0 Å². The van der Waals surface area contributed by atoms with Crippen LogP contribution in [-0.4, -0.2) is 50.2 Å². The van der Waals surface area contributed by atoms with E-state index in [9.17, 15) is 4.79 Å². The van der Waals surface area contributed by atoms with Crippen molar-refractivity contribution in [3.8, 4) is 0 Å². The Balaban J connectivity index is 0.00000364. The van der Waals surface area contributed by atoms with Crippen LogP contribution in [0.5, 0.6) is 0 Å². The van der Waals surface area contributed by atoms with Gasteiger partial charge < -0.3 is 19.7 Å². The first kappa shape index (κ1) is 23.7. The fraction of sp³-hybridized carbons (Fsp3) is 0.600. The number of ether oxygens (including phenoxy) is 2. The number of hydrogen-bond acceptors (Lipinski definition) is 4. The predicted octanol–water partition coefficient (Wildman–Crippen LogP) is 3.19. The number of rotatable bonds is 7. The summed E-state index contributed by atoms with van der Waals surface area (Å²) in [4.78, 5) is 18.9. The number of carbonyl (C=O) groups excluding carboxylic acids is 1. The second-order valence-corrected chi connectivity index (χ2v) is 6.44. The summed E-state index contributed by atoms with van der Waals surface area (Å²) in [7, 11) is 1.70. The first-order valence-electron chi connectivity index (χ1n) is 9.44. The molecule has 0 spiro atoms. The van der Waals surface area contributed by atoms with E-state index in [4.69, 9.17) is 14.5 Å². The fourth-order valence-electron chi connectivity index (χ4n) is 3.16. The van der Waals surface area contributed by atoms with Crippen LogP contribution in [0.15, 0.2) is 29.3 Å². The SMILES string of the molecule is CCNC(=NCc1cccc(COC)c1)N1CCC(C(=O)OCC)CC1.I. The van der Waals surface area contributed by atoms with Crippen LogP contribution in [0.3, 0.4) is 0 Å². The molecule has 0 amide bonds. The number of carbonyl (C=O) groups is 1. The number of methoxy groups -OCH3 is 1. The van der Waals surface area contributed by atoms with Gasteiger partial charge in [0, 0.05) is 26.7 Å². The molecule has 0 aromatic heterocycles. The highest BCUT2D eigenvalue weighted by Crippen LogP contribution is 2.19. The van der Waals surface area contributed by atoms with Gasteiger partial charge in [-0.15, -0.1) is 24.0 Å². The van der Waals surface area contributed by atoms with E-state index < -0.39 is 0 Å². The number of aliphatic imine (C=N–C) groups is 1. The number of nitrogens with zero attached hydrogens (tertiary/aromatic N) is 2. The zero-order valence-electron chi connectivity index (χ0n) is 16.6. The first-order valence-corrected chi connectivity index (χ1v) is 9.44. The summed E-state index contributed by atoms with van der Waals surface area (Å²) in [6.45, 7) is 8.06. The van der Waals surface area contributed by atoms with Gasteiger partial charge in [0.05, 0.1) is 25.7 Å². The molecular weight excluding hydrogens is 457 g/mol. The summed E-state index contributed by atoms with van der Waals surface area (Å²) in [6, 6.07) is 8.31. The van der Waals surface area contributed by atoms with Gasteiger partial charge in [0.25, 0.3) is 0 Å². The molecule has 1 N–H and O–H groups in total. The third-order valence-corrected chi connectivity index (χ3v) is 4.46. The molecular formula is C20H32IN3O3. The number of guanidine groups is 1. The molecule has 2 rings (SSSR count). The molecule has 1 aromatic rings. The second-order valence-electron chi connectivity index (χ2n) is 6.44. The zero-order chi connectivity index (χ0) is 18.8. The Morgan fingerprint density at radius 3 is 2.59 bits per heavy atom. The molecule has 1 fully saturated rings. The van der Waals surface area contributed by atoms with Crippen LogP contribution < -0.4 is 5.32 Å². The van der Waals surface area contributed by atoms with Crippen molar-refractivity contribution in [2.24, 2.45) is 10.9 Å². The fourth-order valence-corrected chi connectivity index (χ4v) is 3.16. The van der Waals surface area contributed by atoms with Crippen molar-refractivity contribution in [3.63, 3.8) is 0 Å². The summed E-state index contributed by atoms with van der Waals surface area (Å²) < 4.78 is 10.3. The number of benzene rings is 1. The Kier molecular flexibility index (Phi) is 11.3. The smallest absolute Gasteiger partial charge is 0.309 e. The minimum atomic E-state index is -0.0657. The third-order valence-electron chi connectivity index (χ3n) is 4.46. The molecule has 0 atom stereocenters. The summed E-state index contributed by atoms with van der Waals surface area (Å²) in [6.07, 6.45) is 1.62. The number of likely N-dealkylation sites (tertiary alicyclic amines) is 1. The Labute approximate surface area is 179 Å². The minimum Gasteiger partial charge on any atom is -0.466 e. The maximum absolute atomic E-state index is 11.9. The highest BCUT2D eigenvalue weighted by atomic mass is 127. The van der Waals surface area contributed by atoms with Crippen molar-refractivity contribution in [1.82, 2.24) is 10.2 Å². The molecule has 0 aliphatic carbocycles. The van der Waals surface area contributed by atoms with Gasteiger partial charge in [0.2, 0.25) is 0 Å². The van der Waals surface area contributed by atoms with Gasteiger partial charge in [-0.3, -0.25) is 4.79 Å². The molecule has 27 heavy (non-hydrogen) atoms. The Morgan fingerprint density at radius 1 is 1.26 bits per heavy atom. The zero-order valence-corrected chi connectivity index (χ0v) is 18.9. The van der Waals surface area contributed by atoms with Gasteiger partial charge in [0.15, 0.2) is 5.96 Å². The van der Waals surface area contributed by atoms with Crippen LogP contribution in [-0.2, 0) is 27.4 Å². The highest BCUT2D eigenvalue weighted by molar-refractivity contribution is 14.0. The van der Waals surface area contributed by atoms with E-state index in [0.717, 1.165) is 49.6 Å². The largest absolute Gasteiger partial charge is 0.466 e. The summed E-state index contributed by atoms with van der Waals surface area (Å²) >= 11 is 0. The van der Waals surface area contributed by atoms with Gasteiger partial charge >= 0.3 is 5.97 Å². The maximum atomic E-state index is 11.9. The number of halogens is 1. The Hall–Kier alpha value is -1.35. The van der Waals surface area contributed by atoms with E-state index in [1.807, 2.05) is 13.0 Å². The lowest BCUT2D eigenvalue weighted by molar-refractivity contribution is -0.149. The molecule has 0 bridgehead atoms. The first-order chi connectivity index (χ1) is 12.7. The average Bonchev–Trinajstić information content (AvgIpc) is 2.66. The lowest BCUT2D eigenvalue weighted by Crippen LogP contribution is -2.46. The second kappa shape index (κ2) is 12.9. The molecule has 1 aliphatic heterocycles. The molecule has 1 aliphatic rings. The monoisotopic (exact) mass is 489 g/mol. The molecule has 1 saturated heterocycles. The molecule has 1 aromatic carbocycles. The minimum absolute atomic E-state index is 0. The lowest BCUT2D eigenvalue weighted by Gasteiger charge is -2.33. The Morgan fingerprint density at radius 2 is 1.96 bits per heavy atom. The van der Waals surface area contributed by atoms with Crippen molar-refractivity contribution >= 4 is 35.9 Å². The van der Waals surface area contributed by atoms with Gasteiger partial charge in [-0.25, -0.2) is 4.99 Å². The van der Waals surface area contributed by atoms with Crippen LogP contribution in [0.1, 0.15) is 37.8 Å². The van der Waals surface area contributed by atoms with E-state index in [1.54, 1.807) is 7.11 Å². The lowest BCUT2D eigenvalue weighted by atomic mass is 9.97. The van der Waals surface area contributed by atoms with Crippen LogP contribution in [0.4, 0.5) is 0 Å². The van der Waals surface area contributed by atoms with Crippen molar-refractivity contribution in [3.05, 3.63) is 35.4 Å². The highest BCUT2D eigenvalue weighted by Gasteiger charge is 2.27. The van der Waals surface area contributed by atoms with Gasteiger partial charge in [-0.1, -0.05) is 24.3 Å². The topological polar surface area (TPSA) is 63.2 Å². The normalized spacial score (nSPS) is 15.2. The molecule has 0 saturated carbocycles. The van der Waals surface area contributed by atoms with E-state index >= 15 is 0 Å². The maximum Gasteiger partial charge on any atom is 0.309 e. The standard InChI is InChI=1S/C20H31N3O3.HI/c1-4-21-20(22-14-16-7-6-8-17(13-16)15-25-3)23-11-9-18(10-12-23)19(24)26-5-2;/h6-8,13,18H,4-5,9-12,14-15H2,1-3H3,(H,21,22);1H. The van der Waals surface area contributed by atoms with Crippen molar-refractivity contribution < 1.29 is 14.3 Å². The van der Waals surface area contributed by atoms with E-state index in [0.29, 0.717) is 19.8 Å². The predicted molar refractivity (Wildman–Crippen MR) is 118 cm³/mol. The molecule has 0 unspecified atom stereocenters. The van der Waals surface area contributed by atoms with Crippen LogP contribution >= 0.6 is 24.0 Å².